The van der Waals surface area contributed by atoms with Crippen LogP contribution in [0.4, 0.5) is 5.69 Å². The van der Waals surface area contributed by atoms with Gasteiger partial charge < -0.3 is 5.32 Å². The van der Waals surface area contributed by atoms with Gasteiger partial charge in [-0.1, -0.05) is 62.2 Å². The van der Waals surface area contributed by atoms with Gasteiger partial charge in [0.2, 0.25) is 0 Å². The second-order valence-corrected chi connectivity index (χ2v) is 8.51. The largest absolute Gasteiger partial charge is 0.376 e. The van der Waals surface area contributed by atoms with Crippen LogP contribution in [0.2, 0.25) is 0 Å². The zero-order chi connectivity index (χ0) is 17.7. The third kappa shape index (κ3) is 4.70. The van der Waals surface area contributed by atoms with E-state index in [1.165, 1.54) is 53.0 Å². The maximum Gasteiger partial charge on any atom is 0.0506 e. The lowest BCUT2D eigenvalue weighted by atomic mass is 9.89. The van der Waals surface area contributed by atoms with Crippen molar-refractivity contribution in [2.45, 2.75) is 45.6 Å². The fourth-order valence-corrected chi connectivity index (χ4v) is 4.39. The van der Waals surface area contributed by atoms with Crippen molar-refractivity contribution in [3.8, 4) is 11.1 Å². The van der Waals surface area contributed by atoms with Crippen molar-refractivity contribution < 1.29 is 0 Å². The fraction of sp³-hybridized carbons (Fsp3) is 0.391. The van der Waals surface area contributed by atoms with E-state index < -0.39 is 0 Å². The third-order valence-electron chi connectivity index (χ3n) is 4.61. The average Bonchev–Trinajstić information content (AvgIpc) is 2.61. The molecule has 2 aromatic rings. The molecule has 0 spiro atoms. The van der Waals surface area contributed by atoms with Crippen LogP contribution >= 0.6 is 11.8 Å². The first kappa shape index (κ1) is 18.1. The van der Waals surface area contributed by atoms with Crippen molar-refractivity contribution in [3.05, 3.63) is 60.2 Å². The van der Waals surface area contributed by atoms with Gasteiger partial charge in [0.15, 0.2) is 0 Å². The van der Waals surface area contributed by atoms with Gasteiger partial charge in [-0.15, -0.1) is 0 Å². The molecule has 1 N–H and O–H groups in total. The maximum absolute atomic E-state index is 3.67. The minimum Gasteiger partial charge on any atom is -0.376 e. The van der Waals surface area contributed by atoms with E-state index in [4.69, 9.17) is 0 Å². The number of thioether (sulfide) groups is 1. The van der Waals surface area contributed by atoms with E-state index in [-0.39, 0.29) is 5.54 Å². The highest BCUT2D eigenvalue weighted by molar-refractivity contribution is 7.99. The van der Waals surface area contributed by atoms with E-state index in [0.717, 1.165) is 5.75 Å². The summed E-state index contributed by atoms with van der Waals surface area (Å²) in [5, 5.41) is 3.67. The van der Waals surface area contributed by atoms with Crippen LogP contribution in [0.15, 0.2) is 54.6 Å². The van der Waals surface area contributed by atoms with Gasteiger partial charge in [0.1, 0.15) is 0 Å². The molecule has 132 valence electrons. The van der Waals surface area contributed by atoms with Crippen LogP contribution in [-0.4, -0.2) is 17.0 Å². The predicted octanol–water partition coefficient (Wildman–Crippen LogP) is 6.86. The van der Waals surface area contributed by atoms with E-state index in [0.29, 0.717) is 0 Å². The van der Waals surface area contributed by atoms with Crippen molar-refractivity contribution in [2.75, 3.05) is 16.8 Å². The van der Waals surface area contributed by atoms with Gasteiger partial charge in [-0.25, -0.2) is 0 Å². The molecule has 0 unspecified atom stereocenters. The van der Waals surface area contributed by atoms with E-state index in [1.807, 2.05) is 0 Å². The number of hydrogen-bond donors (Lipinski definition) is 1. The summed E-state index contributed by atoms with van der Waals surface area (Å²) in [5.74, 6) is 2.35. The van der Waals surface area contributed by atoms with Crippen LogP contribution in [0.1, 0.15) is 45.6 Å². The molecule has 0 fully saturated rings. The first-order valence-corrected chi connectivity index (χ1v) is 10.5. The van der Waals surface area contributed by atoms with Crippen LogP contribution in [0, 0.1) is 0 Å². The predicted molar refractivity (Wildman–Crippen MR) is 114 cm³/mol. The van der Waals surface area contributed by atoms with Gasteiger partial charge in [-0.2, -0.15) is 11.8 Å². The Kier molecular flexibility index (Phi) is 5.90. The Hall–Kier alpha value is -1.67. The molecule has 0 bridgehead atoms. The van der Waals surface area contributed by atoms with Crippen molar-refractivity contribution >= 4 is 23.0 Å². The van der Waals surface area contributed by atoms with E-state index in [9.17, 15) is 0 Å². The highest BCUT2D eigenvalue weighted by atomic mass is 32.2. The second-order valence-electron chi connectivity index (χ2n) is 7.40. The number of nitrogens with one attached hydrogen (secondary N) is 1. The first-order valence-electron chi connectivity index (χ1n) is 9.36. The molecule has 1 heterocycles. The van der Waals surface area contributed by atoms with Crippen LogP contribution in [-0.2, 0) is 0 Å². The standard InChI is InChI=1S/C23H29NS/c1-4-5-9-14-25-17-20-16-23(2,3)24-22-13-12-19(15-21(20)22)18-10-7-6-8-11-18/h6-8,10-13,15-16,24H,4-5,9,14,17H2,1-3H3. The topological polar surface area (TPSA) is 12.0 Å². The molecule has 0 aliphatic carbocycles. The summed E-state index contributed by atoms with van der Waals surface area (Å²) >= 11 is 2.07. The smallest absolute Gasteiger partial charge is 0.0506 e. The molecular formula is C23H29NS. The molecule has 2 heteroatoms. The number of benzene rings is 2. The summed E-state index contributed by atoms with van der Waals surface area (Å²) in [6.45, 7) is 6.77. The molecule has 25 heavy (non-hydrogen) atoms. The van der Waals surface area contributed by atoms with Crippen LogP contribution < -0.4 is 5.32 Å². The number of anilines is 1. The summed E-state index contributed by atoms with van der Waals surface area (Å²) in [7, 11) is 0. The lowest BCUT2D eigenvalue weighted by molar-refractivity contribution is 0.707. The normalized spacial score (nSPS) is 15.2. The molecule has 0 radical (unpaired) electrons. The van der Waals surface area contributed by atoms with E-state index in [2.05, 4.69) is 92.5 Å². The molecule has 0 atom stereocenters. The lowest BCUT2D eigenvalue weighted by Crippen LogP contribution is -2.32. The maximum atomic E-state index is 3.67. The average molecular weight is 352 g/mol. The Morgan fingerprint density at radius 2 is 1.76 bits per heavy atom. The van der Waals surface area contributed by atoms with E-state index in [1.54, 1.807) is 0 Å². The highest BCUT2D eigenvalue weighted by Gasteiger charge is 2.24. The second kappa shape index (κ2) is 8.14. The molecular weight excluding hydrogens is 322 g/mol. The summed E-state index contributed by atoms with van der Waals surface area (Å²) in [6, 6.07) is 17.5. The molecule has 3 rings (SSSR count). The Bertz CT molecular complexity index is 731. The molecule has 0 aromatic heterocycles. The summed E-state index contributed by atoms with van der Waals surface area (Å²) in [4.78, 5) is 0. The van der Waals surface area contributed by atoms with Crippen LogP contribution in [0.25, 0.3) is 16.7 Å². The Morgan fingerprint density at radius 1 is 0.960 bits per heavy atom. The van der Waals surface area contributed by atoms with Gasteiger partial charge in [0, 0.05) is 17.0 Å². The molecule has 1 aliphatic heterocycles. The van der Waals surface area contributed by atoms with Gasteiger partial charge in [-0.3, -0.25) is 0 Å². The zero-order valence-electron chi connectivity index (χ0n) is 15.6. The molecule has 0 saturated carbocycles. The van der Waals surface area contributed by atoms with Gasteiger partial charge >= 0.3 is 0 Å². The Labute approximate surface area is 156 Å². The van der Waals surface area contributed by atoms with Crippen molar-refractivity contribution in [1.29, 1.82) is 0 Å². The first-order chi connectivity index (χ1) is 12.1. The monoisotopic (exact) mass is 351 g/mol. The molecule has 0 amide bonds. The van der Waals surface area contributed by atoms with Gasteiger partial charge in [-0.05, 0) is 54.9 Å². The van der Waals surface area contributed by atoms with Crippen LogP contribution in [0.5, 0.6) is 0 Å². The molecule has 2 aromatic carbocycles. The Balaban J connectivity index is 1.84. The van der Waals surface area contributed by atoms with Crippen molar-refractivity contribution in [1.82, 2.24) is 0 Å². The number of fused-ring (bicyclic) bond motifs is 1. The number of unbranched alkanes of at least 4 members (excludes halogenated alkanes) is 2. The van der Waals surface area contributed by atoms with Crippen molar-refractivity contribution in [2.24, 2.45) is 0 Å². The number of hydrogen-bond acceptors (Lipinski definition) is 2. The van der Waals surface area contributed by atoms with Crippen LogP contribution in [0.3, 0.4) is 0 Å². The highest BCUT2D eigenvalue weighted by Crippen LogP contribution is 2.38. The van der Waals surface area contributed by atoms with E-state index >= 15 is 0 Å². The zero-order valence-corrected chi connectivity index (χ0v) is 16.5. The van der Waals surface area contributed by atoms with Crippen molar-refractivity contribution in [3.63, 3.8) is 0 Å². The molecule has 1 nitrogen and oxygen atoms in total. The Morgan fingerprint density at radius 3 is 2.52 bits per heavy atom. The SMILES string of the molecule is CCCCCSCC1=CC(C)(C)Nc2ccc(-c3ccccc3)cc21. The molecule has 0 saturated heterocycles. The van der Waals surface area contributed by atoms with Gasteiger partial charge in [0.25, 0.3) is 0 Å². The van der Waals surface area contributed by atoms with Gasteiger partial charge in [0.05, 0.1) is 5.54 Å². The molecule has 1 aliphatic rings. The summed E-state index contributed by atoms with van der Waals surface area (Å²) in [6.07, 6.45) is 6.38. The summed E-state index contributed by atoms with van der Waals surface area (Å²) in [5.41, 5.74) is 6.69. The lowest BCUT2D eigenvalue weighted by Gasteiger charge is -2.32. The minimum atomic E-state index is 0.0145. The third-order valence-corrected chi connectivity index (χ3v) is 5.71. The summed E-state index contributed by atoms with van der Waals surface area (Å²) < 4.78 is 0. The quantitative estimate of drug-likeness (QED) is 0.547. The minimum absolute atomic E-state index is 0.0145. The fourth-order valence-electron chi connectivity index (χ4n) is 3.38. The number of rotatable bonds is 7.